The van der Waals surface area contributed by atoms with Crippen molar-refractivity contribution in [3.63, 3.8) is 0 Å². The van der Waals surface area contributed by atoms with Gasteiger partial charge in [0, 0.05) is 5.56 Å². The monoisotopic (exact) mass is 518 g/mol. The first kappa shape index (κ1) is 25.8. The van der Waals surface area contributed by atoms with Gasteiger partial charge in [-0.2, -0.15) is 0 Å². The van der Waals surface area contributed by atoms with Gasteiger partial charge < -0.3 is 14.6 Å². The van der Waals surface area contributed by atoms with Gasteiger partial charge in [-0.15, -0.1) is 0 Å². The number of anilines is 1. The Morgan fingerprint density at radius 3 is 2.43 bits per heavy atom. The predicted octanol–water partition coefficient (Wildman–Crippen LogP) is 5.13. The Morgan fingerprint density at radius 1 is 1.14 bits per heavy atom. The van der Waals surface area contributed by atoms with Crippen molar-refractivity contribution in [2.24, 2.45) is 0 Å². The van der Waals surface area contributed by atoms with Gasteiger partial charge in [-0.3, -0.25) is 14.5 Å². The number of nitrogens with zero attached hydrogens (tertiary/aromatic N) is 2. The summed E-state index contributed by atoms with van der Waals surface area (Å²) in [5.41, 5.74) is 2.27. The maximum absolute atomic E-state index is 13.3. The van der Waals surface area contributed by atoms with Crippen LogP contribution in [0.3, 0.4) is 0 Å². The van der Waals surface area contributed by atoms with Crippen LogP contribution in [-0.4, -0.2) is 41.0 Å². The number of ether oxygens (including phenoxy) is 2. The number of aromatic nitrogens is 1. The Bertz CT molecular complexity index is 1390. The molecule has 190 valence electrons. The fourth-order valence-electron chi connectivity index (χ4n) is 3.98. The molecule has 8 nitrogen and oxygen atoms in total. The molecule has 1 amide bonds. The lowest BCUT2D eigenvalue weighted by atomic mass is 9.95. The number of Topliss-reactive ketones (excluding diaryl/α,β-unsaturated/α-hetero) is 1. The van der Waals surface area contributed by atoms with Crippen LogP contribution in [-0.2, 0) is 14.3 Å². The number of carbonyl (C=O) groups is 3. The first-order valence-corrected chi connectivity index (χ1v) is 12.4. The molecule has 2 heterocycles. The summed E-state index contributed by atoms with van der Waals surface area (Å²) in [5.74, 6) is -1.99. The van der Waals surface area contributed by atoms with E-state index in [9.17, 15) is 19.5 Å². The third-order valence-electron chi connectivity index (χ3n) is 5.79. The second-order valence-electron chi connectivity index (χ2n) is 8.34. The lowest BCUT2D eigenvalue weighted by Gasteiger charge is -2.23. The van der Waals surface area contributed by atoms with E-state index in [1.165, 1.54) is 4.90 Å². The van der Waals surface area contributed by atoms with Gasteiger partial charge in [0.1, 0.15) is 23.0 Å². The first-order valence-electron chi connectivity index (χ1n) is 11.6. The Kier molecular flexibility index (Phi) is 7.54. The van der Waals surface area contributed by atoms with Crippen LogP contribution in [0.5, 0.6) is 5.75 Å². The molecule has 1 saturated heterocycles. The van der Waals surface area contributed by atoms with E-state index in [1.807, 2.05) is 19.1 Å². The van der Waals surface area contributed by atoms with Gasteiger partial charge in [-0.1, -0.05) is 53.8 Å². The molecule has 0 aliphatic carbocycles. The molecule has 1 unspecified atom stereocenters. The van der Waals surface area contributed by atoms with Crippen molar-refractivity contribution in [2.75, 3.05) is 18.1 Å². The zero-order chi connectivity index (χ0) is 26.7. The second kappa shape index (κ2) is 10.8. The zero-order valence-corrected chi connectivity index (χ0v) is 21.5. The molecular weight excluding hydrogens is 492 g/mol. The molecule has 1 aromatic heterocycles. The van der Waals surface area contributed by atoms with Crippen molar-refractivity contribution in [2.45, 2.75) is 26.8 Å². The molecule has 9 heteroatoms. The number of aliphatic hydroxyl groups is 1. The van der Waals surface area contributed by atoms with Crippen LogP contribution in [0.4, 0.5) is 5.13 Å². The van der Waals surface area contributed by atoms with Crippen LogP contribution in [0.15, 0.2) is 66.8 Å². The standard InChI is InChI=1S/C28H26N2O6S/c1-5-15-36-20-13-11-19(12-14-20)23(31)21-22(18-9-7-16(3)8-10-18)30(26(33)24(21)32)28-29-17(4)25(37-28)27(34)35-6-2/h5,7-14,22,31H,1,6,15H2,2-4H3/b23-21+. The minimum atomic E-state index is -0.946. The molecule has 3 aromatic rings. The van der Waals surface area contributed by atoms with Gasteiger partial charge in [0.15, 0.2) is 5.13 Å². The number of thiazole rings is 1. The molecule has 1 aliphatic rings. The van der Waals surface area contributed by atoms with Gasteiger partial charge in [-0.05, 0) is 50.6 Å². The summed E-state index contributed by atoms with van der Waals surface area (Å²) in [6, 6.07) is 12.9. The van der Waals surface area contributed by atoms with Crippen molar-refractivity contribution in [3.05, 3.63) is 94.0 Å². The summed E-state index contributed by atoms with van der Waals surface area (Å²) in [5, 5.41) is 11.4. The highest BCUT2D eigenvalue weighted by molar-refractivity contribution is 7.17. The topological polar surface area (TPSA) is 106 Å². The summed E-state index contributed by atoms with van der Waals surface area (Å²) in [4.78, 5) is 45.0. The number of hydrogen-bond donors (Lipinski definition) is 1. The molecule has 0 saturated carbocycles. The number of ketones is 1. The molecule has 37 heavy (non-hydrogen) atoms. The maximum Gasteiger partial charge on any atom is 0.350 e. The van der Waals surface area contributed by atoms with E-state index in [0.717, 1.165) is 16.9 Å². The van der Waals surface area contributed by atoms with Crippen molar-refractivity contribution < 1.29 is 29.0 Å². The maximum atomic E-state index is 13.3. The van der Waals surface area contributed by atoms with Gasteiger partial charge >= 0.3 is 11.9 Å². The number of aliphatic hydroxyl groups excluding tert-OH is 1. The van der Waals surface area contributed by atoms with Gasteiger partial charge in [0.25, 0.3) is 5.78 Å². The van der Waals surface area contributed by atoms with Crippen LogP contribution in [0.25, 0.3) is 5.76 Å². The minimum Gasteiger partial charge on any atom is -0.507 e. The van der Waals surface area contributed by atoms with Gasteiger partial charge in [0.2, 0.25) is 0 Å². The number of amides is 1. The van der Waals surface area contributed by atoms with Crippen molar-refractivity contribution in [3.8, 4) is 5.75 Å². The van der Waals surface area contributed by atoms with Crippen molar-refractivity contribution in [1.82, 2.24) is 4.98 Å². The Balaban J connectivity index is 1.84. The summed E-state index contributed by atoms with van der Waals surface area (Å²) >= 11 is 0.970. The first-order chi connectivity index (χ1) is 17.8. The summed E-state index contributed by atoms with van der Waals surface area (Å²) in [7, 11) is 0. The van der Waals surface area contributed by atoms with E-state index in [1.54, 1.807) is 56.3 Å². The van der Waals surface area contributed by atoms with E-state index in [2.05, 4.69) is 11.6 Å². The molecule has 4 rings (SSSR count). The van der Waals surface area contributed by atoms with Crippen LogP contribution in [0.1, 0.15) is 45.0 Å². The van der Waals surface area contributed by atoms with E-state index in [4.69, 9.17) is 9.47 Å². The lowest BCUT2D eigenvalue weighted by Crippen LogP contribution is -2.29. The second-order valence-corrected chi connectivity index (χ2v) is 9.31. The van der Waals surface area contributed by atoms with Gasteiger partial charge in [0.05, 0.1) is 23.9 Å². The van der Waals surface area contributed by atoms with Crippen LogP contribution >= 0.6 is 11.3 Å². The van der Waals surface area contributed by atoms with E-state index < -0.39 is 23.7 Å². The minimum absolute atomic E-state index is 0.0702. The molecule has 1 atom stereocenters. The molecule has 1 N–H and O–H groups in total. The SMILES string of the molecule is C=CCOc1ccc(/C(O)=C2\C(=O)C(=O)N(c3nc(C)c(C(=O)OCC)s3)C2c2ccc(C)cc2)cc1. The molecule has 1 fully saturated rings. The Hall–Kier alpha value is -4.24. The normalized spacial score (nSPS) is 16.6. The van der Waals surface area contributed by atoms with E-state index in [-0.39, 0.29) is 27.9 Å². The highest BCUT2D eigenvalue weighted by Gasteiger charge is 2.48. The number of aryl methyl sites for hydroxylation is 2. The average molecular weight is 519 g/mol. The number of esters is 1. The highest BCUT2D eigenvalue weighted by Crippen LogP contribution is 2.44. The third kappa shape index (κ3) is 5.03. The fraction of sp³-hybridized carbons (Fsp3) is 0.214. The molecule has 0 spiro atoms. The van der Waals surface area contributed by atoms with Crippen LogP contribution < -0.4 is 9.64 Å². The number of carbonyl (C=O) groups excluding carboxylic acids is 3. The molecule has 1 aliphatic heterocycles. The van der Waals surface area contributed by atoms with Crippen LogP contribution in [0, 0.1) is 13.8 Å². The number of benzene rings is 2. The molecular formula is C28H26N2O6S. The average Bonchev–Trinajstić information content (AvgIpc) is 3.40. The molecule has 0 bridgehead atoms. The van der Waals surface area contributed by atoms with E-state index in [0.29, 0.717) is 29.2 Å². The smallest absolute Gasteiger partial charge is 0.350 e. The number of rotatable bonds is 8. The van der Waals surface area contributed by atoms with Gasteiger partial charge in [-0.25, -0.2) is 9.78 Å². The van der Waals surface area contributed by atoms with Crippen molar-refractivity contribution >= 4 is 39.9 Å². The summed E-state index contributed by atoms with van der Waals surface area (Å²) < 4.78 is 10.6. The fourth-order valence-corrected chi connectivity index (χ4v) is 4.97. The predicted molar refractivity (Wildman–Crippen MR) is 141 cm³/mol. The quantitative estimate of drug-likeness (QED) is 0.145. The third-order valence-corrected chi connectivity index (χ3v) is 6.92. The molecule has 2 aromatic carbocycles. The van der Waals surface area contributed by atoms with E-state index >= 15 is 0 Å². The number of hydrogen-bond acceptors (Lipinski definition) is 8. The molecule has 0 radical (unpaired) electrons. The summed E-state index contributed by atoms with van der Waals surface area (Å²) in [6.45, 7) is 9.39. The lowest BCUT2D eigenvalue weighted by molar-refractivity contribution is -0.132. The van der Waals surface area contributed by atoms with Crippen LogP contribution in [0.2, 0.25) is 0 Å². The summed E-state index contributed by atoms with van der Waals surface area (Å²) in [6.07, 6.45) is 1.62. The highest BCUT2D eigenvalue weighted by atomic mass is 32.1. The van der Waals surface area contributed by atoms with Crippen molar-refractivity contribution in [1.29, 1.82) is 0 Å². The largest absolute Gasteiger partial charge is 0.507 e. The zero-order valence-electron chi connectivity index (χ0n) is 20.7. The Labute approximate surface area is 218 Å². The Morgan fingerprint density at radius 2 is 1.81 bits per heavy atom.